The number of ether oxygens (including phenoxy) is 1. The Bertz CT molecular complexity index is 652. The molecule has 0 fully saturated rings. The molecule has 1 heterocycles. The maximum Gasteiger partial charge on any atom is 0.228 e. The molecule has 2 aromatic rings. The highest BCUT2D eigenvalue weighted by Crippen LogP contribution is 2.28. The Balaban J connectivity index is 2.43. The third-order valence-electron chi connectivity index (χ3n) is 2.76. The molecule has 0 aliphatic carbocycles. The molecule has 0 bridgehead atoms. The van der Waals surface area contributed by atoms with E-state index in [9.17, 15) is 4.39 Å². The number of halogens is 1. The van der Waals surface area contributed by atoms with Gasteiger partial charge in [0.15, 0.2) is 0 Å². The van der Waals surface area contributed by atoms with Crippen molar-refractivity contribution in [2.24, 2.45) is 12.8 Å². The highest BCUT2D eigenvalue weighted by molar-refractivity contribution is 7.80. The summed E-state index contributed by atoms with van der Waals surface area (Å²) in [5, 5.41) is 4.22. The summed E-state index contributed by atoms with van der Waals surface area (Å²) in [4.78, 5) is 0.222. The average molecular weight is 279 g/mol. The topological polar surface area (TPSA) is 53.1 Å². The first kappa shape index (κ1) is 13.5. The smallest absolute Gasteiger partial charge is 0.228 e. The molecule has 0 radical (unpaired) electrons. The zero-order valence-corrected chi connectivity index (χ0v) is 11.7. The lowest BCUT2D eigenvalue weighted by Gasteiger charge is -2.09. The number of hydrogen-bond acceptors (Lipinski definition) is 3. The maximum atomic E-state index is 13.2. The third-order valence-corrected chi connectivity index (χ3v) is 2.96. The van der Waals surface area contributed by atoms with Gasteiger partial charge in [-0.2, -0.15) is 5.10 Å². The zero-order chi connectivity index (χ0) is 14.2. The van der Waals surface area contributed by atoms with Crippen LogP contribution in [0.25, 0.3) is 0 Å². The Labute approximate surface area is 116 Å². The van der Waals surface area contributed by atoms with E-state index in [1.807, 2.05) is 0 Å². The predicted octanol–water partition coefficient (Wildman–Crippen LogP) is 2.60. The first-order valence-corrected chi connectivity index (χ1v) is 6.08. The minimum atomic E-state index is -0.275. The first-order chi connectivity index (χ1) is 8.90. The lowest BCUT2D eigenvalue weighted by atomic mass is 10.2. The first-order valence-electron chi connectivity index (χ1n) is 5.67. The van der Waals surface area contributed by atoms with Gasteiger partial charge >= 0.3 is 0 Å². The van der Waals surface area contributed by atoms with Gasteiger partial charge in [0, 0.05) is 7.05 Å². The quantitative estimate of drug-likeness (QED) is 0.877. The van der Waals surface area contributed by atoms with Crippen LogP contribution in [0.4, 0.5) is 4.39 Å². The van der Waals surface area contributed by atoms with E-state index in [0.717, 1.165) is 0 Å². The van der Waals surface area contributed by atoms with Gasteiger partial charge in [-0.05, 0) is 37.6 Å². The fourth-order valence-corrected chi connectivity index (χ4v) is 2.07. The van der Waals surface area contributed by atoms with Crippen LogP contribution < -0.4 is 10.5 Å². The van der Waals surface area contributed by atoms with Gasteiger partial charge in [-0.3, -0.25) is 0 Å². The summed E-state index contributed by atoms with van der Waals surface area (Å²) in [6, 6.07) is 4.52. The molecule has 1 aromatic heterocycles. The normalized spacial score (nSPS) is 10.5. The van der Waals surface area contributed by atoms with E-state index < -0.39 is 0 Å². The molecule has 0 amide bonds. The van der Waals surface area contributed by atoms with Crippen LogP contribution in [0, 0.1) is 19.7 Å². The Kier molecular flexibility index (Phi) is 3.53. The number of hydrogen-bond donors (Lipinski definition) is 1. The molecule has 1 aromatic carbocycles. The molecule has 4 nitrogen and oxygen atoms in total. The summed E-state index contributed by atoms with van der Waals surface area (Å²) in [6.45, 7) is 3.47. The fourth-order valence-electron chi connectivity index (χ4n) is 1.83. The van der Waals surface area contributed by atoms with Gasteiger partial charge in [0.1, 0.15) is 16.6 Å². The van der Waals surface area contributed by atoms with E-state index in [0.29, 0.717) is 28.5 Å². The summed E-state index contributed by atoms with van der Waals surface area (Å²) in [5.41, 5.74) is 7.48. The largest absolute Gasteiger partial charge is 0.439 e. The Morgan fingerprint density at radius 3 is 2.68 bits per heavy atom. The van der Waals surface area contributed by atoms with Gasteiger partial charge in [0.25, 0.3) is 0 Å². The van der Waals surface area contributed by atoms with Crippen molar-refractivity contribution in [2.45, 2.75) is 13.8 Å². The monoisotopic (exact) mass is 279 g/mol. The molecule has 0 saturated heterocycles. The third kappa shape index (κ3) is 2.58. The van der Waals surface area contributed by atoms with Crippen molar-refractivity contribution in [1.29, 1.82) is 0 Å². The molecule has 0 unspecified atom stereocenters. The molecular weight excluding hydrogens is 265 g/mol. The SMILES string of the molecule is Cc1cc(Oc2c(C(N)=S)c(C)nn2C)ccc1F. The van der Waals surface area contributed by atoms with Gasteiger partial charge in [0.05, 0.1) is 11.3 Å². The Hall–Kier alpha value is -1.95. The molecule has 0 spiro atoms. The second-order valence-corrected chi connectivity index (χ2v) is 4.71. The van der Waals surface area contributed by atoms with Gasteiger partial charge in [-0.25, -0.2) is 9.07 Å². The summed E-state index contributed by atoms with van der Waals surface area (Å²) < 4.78 is 20.5. The molecule has 0 saturated carbocycles. The zero-order valence-electron chi connectivity index (χ0n) is 10.9. The number of aryl methyl sites for hydroxylation is 3. The van der Waals surface area contributed by atoms with Crippen LogP contribution in [-0.2, 0) is 7.05 Å². The summed E-state index contributed by atoms with van der Waals surface area (Å²) in [5.74, 6) is 0.693. The van der Waals surface area contributed by atoms with Crippen molar-refractivity contribution in [2.75, 3.05) is 0 Å². The summed E-state index contributed by atoms with van der Waals surface area (Å²) in [6.07, 6.45) is 0. The number of nitrogens with zero attached hydrogens (tertiary/aromatic N) is 2. The van der Waals surface area contributed by atoms with Crippen LogP contribution in [0.2, 0.25) is 0 Å². The van der Waals surface area contributed by atoms with Crippen molar-refractivity contribution >= 4 is 17.2 Å². The highest BCUT2D eigenvalue weighted by atomic mass is 32.1. The van der Waals surface area contributed by atoms with E-state index in [1.165, 1.54) is 6.07 Å². The molecule has 0 aliphatic rings. The summed E-state index contributed by atoms with van der Waals surface area (Å²) >= 11 is 5.00. The maximum absolute atomic E-state index is 13.2. The van der Waals surface area contributed by atoms with E-state index in [-0.39, 0.29) is 10.8 Å². The van der Waals surface area contributed by atoms with Gasteiger partial charge in [-0.1, -0.05) is 12.2 Å². The number of thiocarbonyl (C=S) groups is 1. The van der Waals surface area contributed by atoms with Crippen LogP contribution in [-0.4, -0.2) is 14.8 Å². The van der Waals surface area contributed by atoms with E-state index >= 15 is 0 Å². The number of nitrogens with two attached hydrogens (primary N) is 1. The van der Waals surface area contributed by atoms with Crippen molar-refractivity contribution in [3.05, 3.63) is 40.8 Å². The average Bonchev–Trinajstić information content (AvgIpc) is 2.59. The molecule has 2 rings (SSSR count). The van der Waals surface area contributed by atoms with E-state index in [1.54, 1.807) is 37.7 Å². The van der Waals surface area contributed by atoms with Crippen LogP contribution >= 0.6 is 12.2 Å². The minimum absolute atomic E-state index is 0.222. The van der Waals surface area contributed by atoms with Gasteiger partial charge < -0.3 is 10.5 Å². The second-order valence-electron chi connectivity index (χ2n) is 4.27. The molecule has 100 valence electrons. The van der Waals surface area contributed by atoms with Crippen LogP contribution in [0.15, 0.2) is 18.2 Å². The molecule has 0 atom stereocenters. The standard InChI is InChI=1S/C13H14FN3OS/c1-7-6-9(4-5-10(7)14)18-13-11(12(15)19)8(2)16-17(13)3/h4-6H,1-3H3,(H2,15,19). The Morgan fingerprint density at radius 2 is 2.11 bits per heavy atom. The summed E-state index contributed by atoms with van der Waals surface area (Å²) in [7, 11) is 1.74. The van der Waals surface area contributed by atoms with Crippen molar-refractivity contribution in [1.82, 2.24) is 9.78 Å². The van der Waals surface area contributed by atoms with Crippen molar-refractivity contribution in [3.8, 4) is 11.6 Å². The highest BCUT2D eigenvalue weighted by Gasteiger charge is 2.18. The molecule has 2 N–H and O–H groups in total. The van der Waals surface area contributed by atoms with Crippen molar-refractivity contribution in [3.63, 3.8) is 0 Å². The molecule has 0 aliphatic heterocycles. The van der Waals surface area contributed by atoms with Crippen LogP contribution in [0.5, 0.6) is 11.6 Å². The predicted molar refractivity (Wildman–Crippen MR) is 75.0 cm³/mol. The van der Waals surface area contributed by atoms with Gasteiger partial charge in [-0.15, -0.1) is 0 Å². The van der Waals surface area contributed by atoms with Gasteiger partial charge in [0.2, 0.25) is 5.88 Å². The molecule has 6 heteroatoms. The number of aromatic nitrogens is 2. The second kappa shape index (κ2) is 4.97. The number of rotatable bonds is 3. The van der Waals surface area contributed by atoms with E-state index in [4.69, 9.17) is 22.7 Å². The van der Waals surface area contributed by atoms with Crippen molar-refractivity contribution < 1.29 is 9.13 Å². The van der Waals surface area contributed by atoms with Crippen LogP contribution in [0.3, 0.4) is 0 Å². The van der Waals surface area contributed by atoms with Crippen LogP contribution in [0.1, 0.15) is 16.8 Å². The minimum Gasteiger partial charge on any atom is -0.439 e. The lowest BCUT2D eigenvalue weighted by molar-refractivity contribution is 0.428. The lowest BCUT2D eigenvalue weighted by Crippen LogP contribution is -2.11. The van der Waals surface area contributed by atoms with E-state index in [2.05, 4.69) is 5.10 Å². The number of benzene rings is 1. The molecular formula is C13H14FN3OS. The fraction of sp³-hybridized carbons (Fsp3) is 0.231. The molecule has 19 heavy (non-hydrogen) atoms. The Morgan fingerprint density at radius 1 is 1.42 bits per heavy atom.